The highest BCUT2D eigenvalue weighted by Gasteiger charge is 2.18. The molecule has 2 N–H and O–H groups in total. The van der Waals surface area contributed by atoms with Gasteiger partial charge in [-0.1, -0.05) is 25.4 Å². The number of carbonyl (C=O) groups excluding carboxylic acids is 1. The van der Waals surface area contributed by atoms with Crippen molar-refractivity contribution in [3.05, 3.63) is 22.7 Å². The highest BCUT2D eigenvalue weighted by Crippen LogP contribution is 2.36. The lowest BCUT2D eigenvalue weighted by Gasteiger charge is -2.18. The molecule has 0 aromatic heterocycles. The number of methoxy groups -OCH3 is 1. The molecular formula is C17H26ClNO4. The normalized spacial score (nSPS) is 11.5. The van der Waals surface area contributed by atoms with Crippen molar-refractivity contribution in [2.75, 3.05) is 20.3 Å². The van der Waals surface area contributed by atoms with Gasteiger partial charge in [-0.05, 0) is 38.3 Å². The van der Waals surface area contributed by atoms with Gasteiger partial charge >= 0.3 is 0 Å². The predicted octanol–water partition coefficient (Wildman–Crippen LogP) is 3.27. The van der Waals surface area contributed by atoms with E-state index < -0.39 is 5.60 Å². The van der Waals surface area contributed by atoms with E-state index >= 15 is 0 Å². The van der Waals surface area contributed by atoms with E-state index in [4.69, 9.17) is 21.1 Å². The number of halogens is 1. The molecule has 0 bridgehead atoms. The Labute approximate surface area is 142 Å². The van der Waals surface area contributed by atoms with E-state index in [1.807, 2.05) is 0 Å². The second-order valence-electron chi connectivity index (χ2n) is 6.52. The number of nitrogens with one attached hydrogen (secondary N) is 1. The minimum Gasteiger partial charge on any atom is -0.493 e. The molecule has 0 atom stereocenters. The van der Waals surface area contributed by atoms with Crippen LogP contribution in [0.15, 0.2) is 12.1 Å². The fourth-order valence-corrected chi connectivity index (χ4v) is 2.05. The van der Waals surface area contributed by atoms with Gasteiger partial charge < -0.3 is 19.9 Å². The van der Waals surface area contributed by atoms with Crippen LogP contribution in [0.4, 0.5) is 0 Å². The van der Waals surface area contributed by atoms with E-state index in [1.165, 1.54) is 13.2 Å². The fraction of sp³-hybridized carbons (Fsp3) is 0.588. The van der Waals surface area contributed by atoms with Gasteiger partial charge in [0.05, 0.1) is 24.3 Å². The first kappa shape index (κ1) is 19.6. The van der Waals surface area contributed by atoms with Crippen LogP contribution in [0.1, 0.15) is 44.5 Å². The third kappa shape index (κ3) is 6.67. The van der Waals surface area contributed by atoms with Crippen LogP contribution >= 0.6 is 11.6 Å². The molecule has 0 heterocycles. The summed E-state index contributed by atoms with van der Waals surface area (Å²) in [5.74, 6) is 1.04. The first-order chi connectivity index (χ1) is 10.6. The van der Waals surface area contributed by atoms with Crippen LogP contribution in [0.3, 0.4) is 0 Å². The average Bonchev–Trinajstić information content (AvgIpc) is 2.44. The first-order valence-corrected chi connectivity index (χ1v) is 8.02. The van der Waals surface area contributed by atoms with Gasteiger partial charge in [-0.15, -0.1) is 0 Å². The highest BCUT2D eigenvalue weighted by molar-refractivity contribution is 6.32. The molecule has 1 rings (SSSR count). The van der Waals surface area contributed by atoms with Crippen molar-refractivity contribution in [1.29, 1.82) is 0 Å². The lowest BCUT2D eigenvalue weighted by Crippen LogP contribution is -2.38. The summed E-state index contributed by atoms with van der Waals surface area (Å²) < 4.78 is 11.0. The molecule has 1 amide bonds. The van der Waals surface area contributed by atoms with E-state index in [-0.39, 0.29) is 12.5 Å². The summed E-state index contributed by atoms with van der Waals surface area (Å²) in [6, 6.07) is 3.12. The maximum atomic E-state index is 12.1. The Hall–Kier alpha value is -1.46. The maximum absolute atomic E-state index is 12.1. The molecule has 130 valence electrons. The number of carbonyl (C=O) groups is 1. The van der Waals surface area contributed by atoms with E-state index in [2.05, 4.69) is 19.2 Å². The largest absolute Gasteiger partial charge is 0.493 e. The number of hydrogen-bond acceptors (Lipinski definition) is 4. The van der Waals surface area contributed by atoms with Crippen molar-refractivity contribution in [3.8, 4) is 11.5 Å². The summed E-state index contributed by atoms with van der Waals surface area (Å²) in [5, 5.41) is 12.6. The van der Waals surface area contributed by atoms with Crippen LogP contribution in [0, 0.1) is 5.92 Å². The van der Waals surface area contributed by atoms with Gasteiger partial charge in [0.25, 0.3) is 5.91 Å². The summed E-state index contributed by atoms with van der Waals surface area (Å²) in [7, 11) is 1.50. The van der Waals surface area contributed by atoms with Crippen LogP contribution in [0.5, 0.6) is 11.5 Å². The van der Waals surface area contributed by atoms with E-state index in [1.54, 1.807) is 19.9 Å². The Bertz CT molecular complexity index is 538. The maximum Gasteiger partial charge on any atom is 0.251 e. The SMILES string of the molecule is COc1cc(C(=O)NCC(C)(C)O)cc(Cl)c1OCCC(C)C. The van der Waals surface area contributed by atoms with E-state index in [9.17, 15) is 9.90 Å². The summed E-state index contributed by atoms with van der Waals surface area (Å²) in [5.41, 5.74) is -0.629. The number of rotatable bonds is 8. The van der Waals surface area contributed by atoms with Crippen molar-refractivity contribution in [1.82, 2.24) is 5.32 Å². The van der Waals surface area contributed by atoms with Crippen molar-refractivity contribution < 1.29 is 19.4 Å². The summed E-state index contributed by atoms with van der Waals surface area (Å²) in [6.07, 6.45) is 0.896. The lowest BCUT2D eigenvalue weighted by molar-refractivity contribution is 0.0694. The van der Waals surface area contributed by atoms with E-state index in [0.29, 0.717) is 34.6 Å². The lowest BCUT2D eigenvalue weighted by atomic mass is 10.1. The summed E-state index contributed by atoms with van der Waals surface area (Å²) in [4.78, 5) is 12.1. The van der Waals surface area contributed by atoms with Crippen LogP contribution in [-0.2, 0) is 0 Å². The van der Waals surface area contributed by atoms with Gasteiger partial charge in [0.1, 0.15) is 0 Å². The van der Waals surface area contributed by atoms with Crippen LogP contribution in [0.2, 0.25) is 5.02 Å². The van der Waals surface area contributed by atoms with Gasteiger partial charge in [-0.3, -0.25) is 4.79 Å². The molecule has 0 saturated carbocycles. The number of ether oxygens (including phenoxy) is 2. The molecule has 6 heteroatoms. The minimum atomic E-state index is -0.983. The Morgan fingerprint density at radius 3 is 2.57 bits per heavy atom. The van der Waals surface area contributed by atoms with Gasteiger partial charge in [-0.25, -0.2) is 0 Å². The summed E-state index contributed by atoms with van der Waals surface area (Å²) >= 11 is 6.23. The van der Waals surface area contributed by atoms with Gasteiger partial charge in [0.15, 0.2) is 11.5 Å². The predicted molar refractivity (Wildman–Crippen MR) is 91.6 cm³/mol. The molecule has 0 aliphatic rings. The Morgan fingerprint density at radius 2 is 2.04 bits per heavy atom. The molecular weight excluding hydrogens is 318 g/mol. The van der Waals surface area contributed by atoms with E-state index in [0.717, 1.165) is 6.42 Å². The molecule has 1 aromatic rings. The Kier molecular flexibility index (Phi) is 7.16. The van der Waals surface area contributed by atoms with Crippen molar-refractivity contribution in [2.45, 2.75) is 39.7 Å². The monoisotopic (exact) mass is 343 g/mol. The molecule has 0 spiro atoms. The Morgan fingerprint density at radius 1 is 1.39 bits per heavy atom. The average molecular weight is 344 g/mol. The van der Waals surface area contributed by atoms with Gasteiger partial charge in [0.2, 0.25) is 0 Å². The number of aliphatic hydroxyl groups is 1. The van der Waals surface area contributed by atoms with Crippen molar-refractivity contribution >= 4 is 17.5 Å². The standard InChI is InChI=1S/C17H26ClNO4/c1-11(2)6-7-23-15-13(18)8-12(9-14(15)22-5)16(20)19-10-17(3,4)21/h8-9,11,21H,6-7,10H2,1-5H3,(H,19,20). The van der Waals surface area contributed by atoms with Crippen molar-refractivity contribution in [2.24, 2.45) is 5.92 Å². The molecule has 0 saturated heterocycles. The van der Waals surface area contributed by atoms with Crippen molar-refractivity contribution in [3.63, 3.8) is 0 Å². The molecule has 5 nitrogen and oxygen atoms in total. The van der Waals surface area contributed by atoms with Gasteiger partial charge in [-0.2, -0.15) is 0 Å². The zero-order valence-electron chi connectivity index (χ0n) is 14.4. The summed E-state index contributed by atoms with van der Waals surface area (Å²) in [6.45, 7) is 8.12. The third-order valence-corrected chi connectivity index (χ3v) is 3.40. The zero-order valence-corrected chi connectivity index (χ0v) is 15.2. The fourth-order valence-electron chi connectivity index (χ4n) is 1.79. The quantitative estimate of drug-likeness (QED) is 0.760. The van der Waals surface area contributed by atoms with Crippen LogP contribution in [-0.4, -0.2) is 36.9 Å². The van der Waals surface area contributed by atoms with Crippen LogP contribution in [0.25, 0.3) is 0 Å². The molecule has 1 aromatic carbocycles. The highest BCUT2D eigenvalue weighted by atomic mass is 35.5. The second kappa shape index (κ2) is 8.41. The smallest absolute Gasteiger partial charge is 0.251 e. The first-order valence-electron chi connectivity index (χ1n) is 7.65. The van der Waals surface area contributed by atoms with Crippen LogP contribution < -0.4 is 14.8 Å². The molecule has 0 radical (unpaired) electrons. The molecule has 0 aliphatic carbocycles. The number of amides is 1. The molecule has 0 fully saturated rings. The zero-order chi connectivity index (χ0) is 17.6. The molecule has 23 heavy (non-hydrogen) atoms. The number of hydrogen-bond donors (Lipinski definition) is 2. The molecule has 0 unspecified atom stereocenters. The Balaban J connectivity index is 2.88. The topological polar surface area (TPSA) is 67.8 Å². The van der Waals surface area contributed by atoms with Gasteiger partial charge in [0, 0.05) is 12.1 Å². The molecule has 0 aliphatic heterocycles. The second-order valence-corrected chi connectivity index (χ2v) is 6.92. The number of benzene rings is 1. The minimum absolute atomic E-state index is 0.137. The third-order valence-electron chi connectivity index (χ3n) is 3.11.